The van der Waals surface area contributed by atoms with Gasteiger partial charge in [0.25, 0.3) is 5.91 Å². The molecule has 142 valence electrons. The minimum absolute atomic E-state index is 0.0283. The van der Waals surface area contributed by atoms with E-state index in [4.69, 9.17) is 5.14 Å². The largest absolute Gasteiger partial charge is 0.305 e. The fourth-order valence-corrected chi connectivity index (χ4v) is 3.40. The van der Waals surface area contributed by atoms with E-state index in [1.165, 1.54) is 36.4 Å². The molecule has 1 fully saturated rings. The van der Waals surface area contributed by atoms with Gasteiger partial charge in [-0.3, -0.25) is 9.59 Å². The normalized spacial score (nSPS) is 17.6. The Morgan fingerprint density at radius 3 is 2.30 bits per heavy atom. The van der Waals surface area contributed by atoms with E-state index in [1.54, 1.807) is 12.1 Å². The molecule has 0 aliphatic carbocycles. The number of benzene rings is 2. The van der Waals surface area contributed by atoms with E-state index in [0.717, 1.165) is 10.5 Å². The van der Waals surface area contributed by atoms with Gasteiger partial charge in [-0.2, -0.15) is 0 Å². The first kappa shape index (κ1) is 19.2. The molecule has 0 spiro atoms. The molecule has 3 rings (SSSR count). The van der Waals surface area contributed by atoms with Crippen molar-refractivity contribution in [3.05, 3.63) is 59.9 Å². The highest BCUT2D eigenvalue weighted by atomic mass is 32.2. The predicted molar refractivity (Wildman–Crippen MR) is 96.8 cm³/mol. The fourth-order valence-electron chi connectivity index (χ4n) is 2.89. The van der Waals surface area contributed by atoms with Gasteiger partial charge >= 0.3 is 0 Å². The van der Waals surface area contributed by atoms with Crippen LogP contribution in [0.2, 0.25) is 0 Å². The monoisotopic (exact) mass is 391 g/mol. The van der Waals surface area contributed by atoms with Crippen LogP contribution in [0, 0.1) is 5.82 Å². The molecule has 0 saturated carbocycles. The summed E-state index contributed by atoms with van der Waals surface area (Å²) >= 11 is 0. The number of halogens is 1. The van der Waals surface area contributed by atoms with Crippen LogP contribution in [0.5, 0.6) is 0 Å². The molecule has 2 amide bonds. The van der Waals surface area contributed by atoms with E-state index < -0.39 is 21.9 Å². The molecule has 1 saturated heterocycles. The number of primary sulfonamides is 1. The van der Waals surface area contributed by atoms with Gasteiger partial charge in [-0.05, 0) is 54.9 Å². The van der Waals surface area contributed by atoms with Crippen molar-refractivity contribution in [2.45, 2.75) is 23.8 Å². The number of sulfonamides is 1. The zero-order chi connectivity index (χ0) is 19.6. The number of nitrogens with one attached hydrogen (secondary N) is 1. The summed E-state index contributed by atoms with van der Waals surface area (Å²) in [6.45, 7) is 0.426. The zero-order valence-corrected chi connectivity index (χ0v) is 15.1. The number of rotatable bonds is 6. The molecule has 2 aromatic rings. The fraction of sp³-hybridized carbons (Fsp3) is 0.222. The minimum atomic E-state index is -3.73. The lowest BCUT2D eigenvalue weighted by Gasteiger charge is -2.15. The van der Waals surface area contributed by atoms with Gasteiger partial charge in [-0.1, -0.05) is 12.1 Å². The summed E-state index contributed by atoms with van der Waals surface area (Å²) in [5, 5.41) is 8.09. The smallest absolute Gasteiger partial charge is 0.251 e. The third-order valence-electron chi connectivity index (χ3n) is 4.29. The zero-order valence-electron chi connectivity index (χ0n) is 14.3. The summed E-state index contributed by atoms with van der Waals surface area (Å²) in [4.78, 5) is 25.7. The molecule has 0 unspecified atom stereocenters. The topological polar surface area (TPSA) is 110 Å². The average Bonchev–Trinajstić information content (AvgIpc) is 2.89. The molecule has 7 nitrogen and oxygen atoms in total. The molecule has 1 atom stereocenters. The van der Waals surface area contributed by atoms with Crippen molar-refractivity contribution in [2.75, 3.05) is 11.4 Å². The summed E-state index contributed by atoms with van der Waals surface area (Å²) in [5.74, 6) is -1.17. The van der Waals surface area contributed by atoms with E-state index >= 15 is 0 Å². The number of nitrogens with two attached hydrogens (primary N) is 1. The molecule has 3 N–H and O–H groups in total. The second-order valence-corrected chi connectivity index (χ2v) is 7.76. The van der Waals surface area contributed by atoms with E-state index in [9.17, 15) is 22.4 Å². The molecule has 0 bridgehead atoms. The van der Waals surface area contributed by atoms with Crippen LogP contribution in [0.4, 0.5) is 10.1 Å². The van der Waals surface area contributed by atoms with Crippen molar-refractivity contribution in [3.63, 3.8) is 0 Å². The summed E-state index contributed by atoms with van der Waals surface area (Å²) in [7, 11) is -3.73. The highest BCUT2D eigenvalue weighted by molar-refractivity contribution is 7.89. The Morgan fingerprint density at radius 2 is 1.70 bits per heavy atom. The molecular weight excluding hydrogens is 373 g/mol. The van der Waals surface area contributed by atoms with E-state index in [-0.39, 0.29) is 23.1 Å². The summed E-state index contributed by atoms with van der Waals surface area (Å²) in [6.07, 6.45) is 0.569. The van der Waals surface area contributed by atoms with Crippen molar-refractivity contribution in [1.29, 1.82) is 0 Å². The van der Waals surface area contributed by atoms with Crippen LogP contribution in [-0.2, 0) is 26.0 Å². The quantitative estimate of drug-likeness (QED) is 0.712. The molecule has 1 aliphatic heterocycles. The predicted octanol–water partition coefficient (Wildman–Crippen LogP) is 0.937. The highest BCUT2D eigenvalue weighted by Gasteiger charge is 2.39. The molecular formula is C18H18FN3O4S. The van der Waals surface area contributed by atoms with Gasteiger partial charge in [0.1, 0.15) is 5.82 Å². The number of amides is 2. The van der Waals surface area contributed by atoms with Crippen molar-refractivity contribution >= 4 is 27.5 Å². The SMILES string of the molecule is NS(=O)(=O)c1ccc(CCN[C@H]2CC(=O)N(c3ccc(F)cc3)C2=O)cc1. The summed E-state index contributed by atoms with van der Waals surface area (Å²) in [6, 6.07) is 10.7. The van der Waals surface area contributed by atoms with Gasteiger partial charge in [-0.25, -0.2) is 22.8 Å². The molecule has 0 radical (unpaired) electrons. The molecule has 0 aromatic heterocycles. The number of anilines is 1. The molecule has 27 heavy (non-hydrogen) atoms. The summed E-state index contributed by atoms with van der Waals surface area (Å²) in [5.41, 5.74) is 1.20. The Balaban J connectivity index is 1.58. The highest BCUT2D eigenvalue weighted by Crippen LogP contribution is 2.23. The molecule has 1 heterocycles. The second kappa shape index (κ2) is 7.55. The lowest BCUT2D eigenvalue weighted by atomic mass is 10.1. The Hall–Kier alpha value is -2.62. The van der Waals surface area contributed by atoms with Gasteiger partial charge in [0.05, 0.1) is 23.0 Å². The van der Waals surface area contributed by atoms with Crippen molar-refractivity contribution in [1.82, 2.24) is 5.32 Å². The van der Waals surface area contributed by atoms with E-state index in [0.29, 0.717) is 18.7 Å². The number of hydrogen-bond acceptors (Lipinski definition) is 5. The first-order valence-corrected chi connectivity index (χ1v) is 9.78. The maximum absolute atomic E-state index is 13.0. The Labute approximate surface area is 156 Å². The van der Waals surface area contributed by atoms with Gasteiger partial charge in [0.2, 0.25) is 15.9 Å². The van der Waals surface area contributed by atoms with Crippen LogP contribution in [0.25, 0.3) is 0 Å². The lowest BCUT2D eigenvalue weighted by Crippen LogP contribution is -2.39. The Kier molecular flexibility index (Phi) is 5.36. The maximum Gasteiger partial charge on any atom is 0.251 e. The number of carbonyl (C=O) groups is 2. The second-order valence-electron chi connectivity index (χ2n) is 6.19. The van der Waals surface area contributed by atoms with Crippen LogP contribution in [0.15, 0.2) is 53.4 Å². The van der Waals surface area contributed by atoms with Crippen LogP contribution in [0.3, 0.4) is 0 Å². The average molecular weight is 391 g/mol. The molecule has 1 aliphatic rings. The third-order valence-corrected chi connectivity index (χ3v) is 5.22. The maximum atomic E-state index is 13.0. The molecule has 2 aromatic carbocycles. The van der Waals surface area contributed by atoms with Crippen molar-refractivity contribution in [2.24, 2.45) is 5.14 Å². The minimum Gasteiger partial charge on any atom is -0.305 e. The molecule has 9 heteroatoms. The lowest BCUT2D eigenvalue weighted by molar-refractivity contribution is -0.121. The van der Waals surface area contributed by atoms with Crippen molar-refractivity contribution in [3.8, 4) is 0 Å². The van der Waals surface area contributed by atoms with Crippen molar-refractivity contribution < 1.29 is 22.4 Å². The third kappa shape index (κ3) is 4.38. The Morgan fingerprint density at radius 1 is 1.07 bits per heavy atom. The first-order valence-electron chi connectivity index (χ1n) is 8.23. The van der Waals surface area contributed by atoms with Gasteiger partial charge in [0.15, 0.2) is 0 Å². The Bertz CT molecular complexity index is 959. The van der Waals surface area contributed by atoms with Crippen LogP contribution < -0.4 is 15.4 Å². The number of hydrogen-bond donors (Lipinski definition) is 2. The number of carbonyl (C=O) groups excluding carboxylic acids is 2. The first-order chi connectivity index (χ1) is 12.8. The van der Waals surface area contributed by atoms with Gasteiger partial charge < -0.3 is 5.32 Å². The number of nitrogens with zero attached hydrogens (tertiary/aromatic N) is 1. The number of imide groups is 1. The van der Waals surface area contributed by atoms with Gasteiger partial charge in [0, 0.05) is 0 Å². The van der Waals surface area contributed by atoms with E-state index in [2.05, 4.69) is 5.32 Å². The van der Waals surface area contributed by atoms with Crippen LogP contribution in [-0.4, -0.2) is 32.8 Å². The van der Waals surface area contributed by atoms with Crippen LogP contribution in [0.1, 0.15) is 12.0 Å². The summed E-state index contributed by atoms with van der Waals surface area (Å²) < 4.78 is 35.5. The van der Waals surface area contributed by atoms with E-state index in [1.807, 2.05) is 0 Å². The van der Waals surface area contributed by atoms with Gasteiger partial charge in [-0.15, -0.1) is 0 Å². The van der Waals surface area contributed by atoms with Crippen LogP contribution >= 0.6 is 0 Å². The standard InChI is InChI=1S/C18H18FN3O4S/c19-13-3-5-14(6-4-13)22-17(23)11-16(18(22)24)21-10-9-12-1-7-15(8-2-12)27(20,25)26/h1-8,16,21H,9-11H2,(H2,20,25,26)/t16-/m0/s1.